The van der Waals surface area contributed by atoms with Crippen molar-refractivity contribution in [1.29, 1.82) is 0 Å². The van der Waals surface area contributed by atoms with Gasteiger partial charge in [0.1, 0.15) is 10.6 Å². The molecular formula is C19H23N3O4S2. The zero-order chi connectivity index (χ0) is 20.0. The first-order valence-corrected chi connectivity index (χ1v) is 10.7. The molecule has 0 saturated carbocycles. The van der Waals surface area contributed by atoms with Gasteiger partial charge >= 0.3 is 0 Å². The molecule has 0 aromatic heterocycles. The predicted molar refractivity (Wildman–Crippen MR) is 112 cm³/mol. The predicted octanol–water partition coefficient (Wildman–Crippen LogP) is 2.20. The van der Waals surface area contributed by atoms with Crippen molar-refractivity contribution < 1.29 is 17.9 Å². The van der Waals surface area contributed by atoms with Crippen LogP contribution in [0.1, 0.15) is 5.56 Å². The maximum atomic E-state index is 13.0. The first kappa shape index (κ1) is 20.5. The highest BCUT2D eigenvalue weighted by molar-refractivity contribution is 7.89. The molecule has 2 aromatic carbocycles. The molecule has 1 heterocycles. The van der Waals surface area contributed by atoms with Crippen LogP contribution in [0.15, 0.2) is 53.4 Å². The van der Waals surface area contributed by atoms with Crippen molar-refractivity contribution in [3.8, 4) is 5.75 Å². The zero-order valence-electron chi connectivity index (χ0n) is 15.6. The molecule has 7 nitrogen and oxygen atoms in total. The second kappa shape index (κ2) is 9.33. The number of nitrogens with one attached hydrogen (secondary N) is 2. The lowest BCUT2D eigenvalue weighted by molar-refractivity contribution is 0.0729. The highest BCUT2D eigenvalue weighted by atomic mass is 32.2. The average Bonchev–Trinajstić information content (AvgIpc) is 2.73. The molecule has 0 unspecified atom stereocenters. The van der Waals surface area contributed by atoms with Crippen LogP contribution in [-0.4, -0.2) is 51.2 Å². The summed E-state index contributed by atoms with van der Waals surface area (Å²) in [6.07, 6.45) is 0. The summed E-state index contributed by atoms with van der Waals surface area (Å²) in [6, 6.07) is 14.8. The third kappa shape index (κ3) is 4.99. The molecule has 1 fully saturated rings. The molecule has 0 radical (unpaired) electrons. The summed E-state index contributed by atoms with van der Waals surface area (Å²) in [6.45, 7) is 1.97. The maximum absolute atomic E-state index is 13.0. The first-order chi connectivity index (χ1) is 13.5. The summed E-state index contributed by atoms with van der Waals surface area (Å²) >= 11 is 5.33. The Morgan fingerprint density at radius 1 is 1.18 bits per heavy atom. The fraction of sp³-hybridized carbons (Fsp3) is 0.316. The molecule has 0 spiro atoms. The Morgan fingerprint density at radius 3 is 2.57 bits per heavy atom. The number of anilines is 1. The van der Waals surface area contributed by atoms with Crippen molar-refractivity contribution in [2.75, 3.05) is 38.7 Å². The van der Waals surface area contributed by atoms with Gasteiger partial charge in [-0.15, -0.1) is 0 Å². The highest BCUT2D eigenvalue weighted by Crippen LogP contribution is 2.30. The van der Waals surface area contributed by atoms with Crippen LogP contribution < -0.4 is 15.4 Å². The zero-order valence-corrected chi connectivity index (χ0v) is 17.2. The Balaban J connectivity index is 1.74. The van der Waals surface area contributed by atoms with E-state index in [0.717, 1.165) is 5.56 Å². The number of hydrogen-bond acceptors (Lipinski definition) is 5. The van der Waals surface area contributed by atoms with Gasteiger partial charge in [-0.3, -0.25) is 0 Å². The van der Waals surface area contributed by atoms with Crippen LogP contribution in [0.4, 0.5) is 5.69 Å². The molecule has 0 atom stereocenters. The normalized spacial score (nSPS) is 15.0. The van der Waals surface area contributed by atoms with Crippen LogP contribution in [-0.2, 0) is 21.3 Å². The summed E-state index contributed by atoms with van der Waals surface area (Å²) < 4.78 is 38.0. The van der Waals surface area contributed by atoms with E-state index in [9.17, 15) is 8.42 Å². The van der Waals surface area contributed by atoms with E-state index < -0.39 is 10.0 Å². The van der Waals surface area contributed by atoms with Gasteiger partial charge in [0.25, 0.3) is 0 Å². The van der Waals surface area contributed by atoms with Crippen LogP contribution in [0.25, 0.3) is 0 Å². The number of benzene rings is 2. The highest BCUT2D eigenvalue weighted by Gasteiger charge is 2.29. The molecule has 2 N–H and O–H groups in total. The Hall–Kier alpha value is -2.20. The van der Waals surface area contributed by atoms with Gasteiger partial charge in [0.05, 0.1) is 20.3 Å². The van der Waals surface area contributed by atoms with Gasteiger partial charge in [0, 0.05) is 25.3 Å². The van der Waals surface area contributed by atoms with Crippen molar-refractivity contribution in [3.63, 3.8) is 0 Å². The van der Waals surface area contributed by atoms with Gasteiger partial charge in [-0.2, -0.15) is 4.31 Å². The molecule has 0 amide bonds. The number of rotatable bonds is 6. The van der Waals surface area contributed by atoms with Gasteiger partial charge in [0.2, 0.25) is 10.0 Å². The lowest BCUT2D eigenvalue weighted by Crippen LogP contribution is -2.40. The molecule has 2 aromatic rings. The third-order valence-corrected chi connectivity index (χ3v) is 6.47. The van der Waals surface area contributed by atoms with E-state index in [1.165, 1.54) is 11.4 Å². The Morgan fingerprint density at radius 2 is 1.89 bits per heavy atom. The average molecular weight is 422 g/mol. The molecule has 3 rings (SSSR count). The largest absolute Gasteiger partial charge is 0.495 e. The lowest BCUT2D eigenvalue weighted by Gasteiger charge is -2.27. The van der Waals surface area contributed by atoms with Crippen molar-refractivity contribution in [2.45, 2.75) is 11.4 Å². The smallest absolute Gasteiger partial charge is 0.246 e. The van der Waals surface area contributed by atoms with Crippen LogP contribution in [0.5, 0.6) is 5.75 Å². The summed E-state index contributed by atoms with van der Waals surface area (Å²) in [5, 5.41) is 6.55. The minimum Gasteiger partial charge on any atom is -0.495 e. The number of thiocarbonyl (C=S) groups is 1. The number of nitrogens with zero attached hydrogens (tertiary/aromatic N) is 1. The SMILES string of the molecule is COc1ccc(NC(=S)NCc2ccccc2)cc1S(=O)(=O)N1CCOCC1. The van der Waals surface area contributed by atoms with E-state index in [1.54, 1.807) is 18.2 Å². The standard InChI is InChI=1S/C19H23N3O4S2/c1-25-17-8-7-16(21-19(27)20-14-15-5-3-2-4-6-15)13-18(17)28(23,24)22-9-11-26-12-10-22/h2-8,13H,9-12,14H2,1H3,(H2,20,21,27). The number of morpholine rings is 1. The van der Waals surface area contributed by atoms with Crippen molar-refractivity contribution in [1.82, 2.24) is 9.62 Å². The minimum atomic E-state index is -3.69. The molecule has 1 aliphatic rings. The molecule has 28 heavy (non-hydrogen) atoms. The molecular weight excluding hydrogens is 398 g/mol. The summed E-state index contributed by atoms with van der Waals surface area (Å²) in [5.74, 6) is 0.292. The van der Waals surface area contributed by atoms with E-state index in [1.807, 2.05) is 30.3 Å². The summed E-state index contributed by atoms with van der Waals surface area (Å²) in [4.78, 5) is 0.104. The van der Waals surface area contributed by atoms with Crippen LogP contribution in [0, 0.1) is 0 Å². The molecule has 0 aliphatic carbocycles. The van der Waals surface area contributed by atoms with Gasteiger partial charge in [-0.1, -0.05) is 30.3 Å². The number of hydrogen-bond donors (Lipinski definition) is 2. The van der Waals surface area contributed by atoms with Gasteiger partial charge in [-0.05, 0) is 36.0 Å². The summed E-state index contributed by atoms with van der Waals surface area (Å²) in [5.41, 5.74) is 1.66. The van der Waals surface area contributed by atoms with Crippen LogP contribution in [0.2, 0.25) is 0 Å². The molecule has 9 heteroatoms. The van der Waals surface area contributed by atoms with Gasteiger partial charge < -0.3 is 20.1 Å². The van der Waals surface area contributed by atoms with E-state index in [-0.39, 0.29) is 4.90 Å². The van der Waals surface area contributed by atoms with Crippen molar-refractivity contribution in [3.05, 3.63) is 54.1 Å². The fourth-order valence-corrected chi connectivity index (χ4v) is 4.62. The second-order valence-electron chi connectivity index (χ2n) is 6.18. The quantitative estimate of drug-likeness (QED) is 0.692. The Kier molecular flexibility index (Phi) is 6.84. The Bertz CT molecular complexity index is 914. The first-order valence-electron chi connectivity index (χ1n) is 8.85. The molecule has 1 saturated heterocycles. The van der Waals surface area contributed by atoms with Crippen molar-refractivity contribution in [2.24, 2.45) is 0 Å². The number of sulfonamides is 1. The number of methoxy groups -OCH3 is 1. The fourth-order valence-electron chi connectivity index (χ4n) is 2.84. The second-order valence-corrected chi connectivity index (χ2v) is 8.49. The van der Waals surface area contributed by atoms with Crippen LogP contribution in [0.3, 0.4) is 0 Å². The van der Waals surface area contributed by atoms with Crippen LogP contribution >= 0.6 is 12.2 Å². The van der Waals surface area contributed by atoms with E-state index in [0.29, 0.717) is 49.4 Å². The molecule has 150 valence electrons. The van der Waals surface area contributed by atoms with E-state index in [2.05, 4.69) is 10.6 Å². The van der Waals surface area contributed by atoms with Gasteiger partial charge in [-0.25, -0.2) is 8.42 Å². The van der Waals surface area contributed by atoms with E-state index >= 15 is 0 Å². The summed E-state index contributed by atoms with van der Waals surface area (Å²) in [7, 11) is -2.24. The number of ether oxygens (including phenoxy) is 2. The monoisotopic (exact) mass is 421 g/mol. The topological polar surface area (TPSA) is 79.9 Å². The Labute approximate surface area is 170 Å². The van der Waals surface area contributed by atoms with E-state index in [4.69, 9.17) is 21.7 Å². The minimum absolute atomic E-state index is 0.104. The van der Waals surface area contributed by atoms with Crippen molar-refractivity contribution >= 4 is 33.0 Å². The van der Waals surface area contributed by atoms with Gasteiger partial charge in [0.15, 0.2) is 5.11 Å². The third-order valence-electron chi connectivity index (χ3n) is 4.31. The lowest BCUT2D eigenvalue weighted by atomic mass is 10.2. The molecule has 1 aliphatic heterocycles. The molecule has 0 bridgehead atoms. The maximum Gasteiger partial charge on any atom is 0.246 e.